The fraction of sp³-hybridized carbons (Fsp3) is 0.462. The summed E-state index contributed by atoms with van der Waals surface area (Å²) in [6.45, 7) is 1.34. The molecule has 4 nitrogen and oxygen atoms in total. The van der Waals surface area contributed by atoms with Crippen molar-refractivity contribution in [2.45, 2.75) is 18.9 Å². The Bertz CT molecular complexity index is 444. The van der Waals surface area contributed by atoms with Crippen LogP contribution in [0.25, 0.3) is 0 Å². The van der Waals surface area contributed by atoms with Crippen LogP contribution in [0.15, 0.2) is 18.2 Å². The molecule has 1 N–H and O–H groups in total. The average Bonchev–Trinajstić information content (AvgIpc) is 2.41. The highest BCUT2D eigenvalue weighted by molar-refractivity contribution is 6.31. The highest BCUT2D eigenvalue weighted by atomic mass is 35.5. The average molecular weight is 270 g/mol. The molecule has 1 heterocycles. The van der Waals surface area contributed by atoms with Crippen LogP contribution < -0.4 is 0 Å². The van der Waals surface area contributed by atoms with Gasteiger partial charge in [0.2, 0.25) is 0 Å². The van der Waals surface area contributed by atoms with Crippen molar-refractivity contribution in [3.63, 3.8) is 0 Å². The van der Waals surface area contributed by atoms with Crippen LogP contribution in [0.2, 0.25) is 5.02 Å². The predicted octanol–water partition coefficient (Wildman–Crippen LogP) is 2.30. The molecule has 18 heavy (non-hydrogen) atoms. The molecule has 0 bridgehead atoms. The van der Waals surface area contributed by atoms with E-state index in [0.29, 0.717) is 18.2 Å². The molecule has 98 valence electrons. The van der Waals surface area contributed by atoms with Crippen molar-refractivity contribution < 1.29 is 14.6 Å². The molecule has 0 unspecified atom stereocenters. The van der Waals surface area contributed by atoms with E-state index in [-0.39, 0.29) is 23.3 Å². The Morgan fingerprint density at radius 3 is 2.78 bits per heavy atom. The van der Waals surface area contributed by atoms with Gasteiger partial charge in [-0.2, -0.15) is 0 Å². The second kappa shape index (κ2) is 5.59. The first-order valence-electron chi connectivity index (χ1n) is 5.93. The van der Waals surface area contributed by atoms with Gasteiger partial charge < -0.3 is 14.7 Å². The first-order chi connectivity index (χ1) is 8.59. The molecule has 5 heteroatoms. The number of nitrogens with zero attached hydrogens (tertiary/aromatic N) is 1. The molecule has 0 radical (unpaired) electrons. The van der Waals surface area contributed by atoms with E-state index in [2.05, 4.69) is 0 Å². The Hall–Kier alpha value is -1.26. The molecular formula is C13H16ClNO3. The van der Waals surface area contributed by atoms with Crippen LogP contribution in [0.5, 0.6) is 5.75 Å². The molecule has 1 aromatic carbocycles. The van der Waals surface area contributed by atoms with Crippen molar-refractivity contribution in [3.05, 3.63) is 28.8 Å². The zero-order valence-electron chi connectivity index (χ0n) is 10.2. The number of carbonyl (C=O) groups excluding carboxylic acids is 1. The zero-order chi connectivity index (χ0) is 13.1. The number of amides is 1. The van der Waals surface area contributed by atoms with E-state index >= 15 is 0 Å². The lowest BCUT2D eigenvalue weighted by Crippen LogP contribution is -2.40. The summed E-state index contributed by atoms with van der Waals surface area (Å²) in [5.41, 5.74) is 0.247. The fourth-order valence-corrected chi connectivity index (χ4v) is 2.28. The maximum absolute atomic E-state index is 12.3. The van der Waals surface area contributed by atoms with Gasteiger partial charge in [-0.15, -0.1) is 0 Å². The number of hydrogen-bond donors (Lipinski definition) is 1. The van der Waals surface area contributed by atoms with E-state index in [4.69, 9.17) is 16.3 Å². The molecule has 0 saturated carbocycles. The number of rotatable bonds is 2. The van der Waals surface area contributed by atoms with Crippen LogP contribution in [0.1, 0.15) is 23.2 Å². The minimum absolute atomic E-state index is 0.0386. The number of phenols is 1. The summed E-state index contributed by atoms with van der Waals surface area (Å²) in [5, 5.41) is 10.2. The lowest BCUT2D eigenvalue weighted by molar-refractivity contribution is 0.0360. The summed E-state index contributed by atoms with van der Waals surface area (Å²) < 4.78 is 5.27. The summed E-state index contributed by atoms with van der Waals surface area (Å²) in [5.74, 6) is -0.245. The van der Waals surface area contributed by atoms with Crippen LogP contribution in [-0.2, 0) is 4.74 Å². The zero-order valence-corrected chi connectivity index (χ0v) is 11.0. The molecule has 1 fully saturated rings. The lowest BCUT2D eigenvalue weighted by atomic mass is 10.1. The van der Waals surface area contributed by atoms with Gasteiger partial charge in [-0.1, -0.05) is 11.6 Å². The molecule has 1 aliphatic heterocycles. The highest BCUT2D eigenvalue weighted by Gasteiger charge is 2.25. The van der Waals surface area contributed by atoms with Gasteiger partial charge >= 0.3 is 0 Å². The first kappa shape index (κ1) is 13.2. The third kappa shape index (κ3) is 2.76. The molecule has 0 aromatic heterocycles. The highest BCUT2D eigenvalue weighted by Crippen LogP contribution is 2.24. The fourth-order valence-electron chi connectivity index (χ4n) is 2.11. The van der Waals surface area contributed by atoms with Gasteiger partial charge in [0.1, 0.15) is 5.75 Å². The predicted molar refractivity (Wildman–Crippen MR) is 69.1 cm³/mol. The normalized spacial score (nSPS) is 16.6. The van der Waals surface area contributed by atoms with Gasteiger partial charge in [-0.05, 0) is 31.0 Å². The molecule has 1 amide bonds. The minimum Gasteiger partial charge on any atom is -0.507 e. The number of aromatic hydroxyl groups is 1. The molecule has 1 saturated heterocycles. The molecule has 0 spiro atoms. The van der Waals surface area contributed by atoms with Crippen molar-refractivity contribution in [2.24, 2.45) is 0 Å². The standard InChI is InChI=1S/C13H16ClNO3/c1-15(10-4-6-18-7-5-10)13(17)11-8-9(14)2-3-12(11)16/h2-3,8,10,16H,4-7H2,1H3. The molecule has 1 aliphatic rings. The molecule has 0 aliphatic carbocycles. The third-order valence-corrected chi connectivity index (χ3v) is 3.48. The van der Waals surface area contributed by atoms with Gasteiger partial charge in [0.05, 0.1) is 5.56 Å². The second-order valence-corrected chi connectivity index (χ2v) is 4.86. The van der Waals surface area contributed by atoms with Crippen molar-refractivity contribution in [3.8, 4) is 5.75 Å². The Labute approximate surface area is 111 Å². The van der Waals surface area contributed by atoms with Gasteiger partial charge in [-0.25, -0.2) is 0 Å². The summed E-state index contributed by atoms with van der Waals surface area (Å²) in [7, 11) is 1.75. The minimum atomic E-state index is -0.207. The summed E-state index contributed by atoms with van der Waals surface area (Å²) in [6, 6.07) is 4.65. The third-order valence-electron chi connectivity index (χ3n) is 3.25. The number of benzene rings is 1. The quantitative estimate of drug-likeness (QED) is 0.896. The van der Waals surface area contributed by atoms with Gasteiger partial charge in [0, 0.05) is 31.3 Å². The monoisotopic (exact) mass is 269 g/mol. The molecule has 0 atom stereocenters. The summed E-state index contributed by atoms with van der Waals surface area (Å²) in [4.78, 5) is 13.9. The van der Waals surface area contributed by atoms with Crippen LogP contribution in [0.4, 0.5) is 0 Å². The van der Waals surface area contributed by atoms with E-state index in [0.717, 1.165) is 12.8 Å². The van der Waals surface area contributed by atoms with Crippen molar-refractivity contribution >= 4 is 17.5 Å². The van der Waals surface area contributed by atoms with Gasteiger partial charge in [0.15, 0.2) is 0 Å². The van der Waals surface area contributed by atoms with Crippen LogP contribution in [-0.4, -0.2) is 42.2 Å². The van der Waals surface area contributed by atoms with Crippen LogP contribution >= 0.6 is 11.6 Å². The van der Waals surface area contributed by atoms with Crippen LogP contribution in [0.3, 0.4) is 0 Å². The SMILES string of the molecule is CN(C(=O)c1cc(Cl)ccc1O)C1CCOCC1. The number of ether oxygens (including phenoxy) is 1. The number of carbonyl (C=O) groups is 1. The topological polar surface area (TPSA) is 49.8 Å². The Morgan fingerprint density at radius 1 is 1.44 bits per heavy atom. The smallest absolute Gasteiger partial charge is 0.257 e. The van der Waals surface area contributed by atoms with Gasteiger partial charge in [-0.3, -0.25) is 4.79 Å². The first-order valence-corrected chi connectivity index (χ1v) is 6.31. The Morgan fingerprint density at radius 2 is 2.11 bits per heavy atom. The molecule has 1 aromatic rings. The van der Waals surface area contributed by atoms with E-state index in [9.17, 15) is 9.90 Å². The largest absolute Gasteiger partial charge is 0.507 e. The summed E-state index contributed by atoms with van der Waals surface area (Å²) in [6.07, 6.45) is 1.65. The van der Waals surface area contributed by atoms with E-state index in [1.807, 2.05) is 0 Å². The number of halogens is 1. The Kier molecular flexibility index (Phi) is 4.09. The van der Waals surface area contributed by atoms with Crippen LogP contribution in [0, 0.1) is 0 Å². The Balaban J connectivity index is 2.16. The summed E-state index contributed by atoms with van der Waals surface area (Å²) >= 11 is 5.85. The van der Waals surface area contributed by atoms with Crippen molar-refractivity contribution in [1.82, 2.24) is 4.90 Å². The maximum atomic E-state index is 12.3. The lowest BCUT2D eigenvalue weighted by Gasteiger charge is -2.31. The van der Waals surface area contributed by atoms with Crippen molar-refractivity contribution in [1.29, 1.82) is 0 Å². The second-order valence-electron chi connectivity index (χ2n) is 4.42. The molecule has 2 rings (SSSR count). The van der Waals surface area contributed by atoms with Crippen molar-refractivity contribution in [2.75, 3.05) is 20.3 Å². The number of hydrogen-bond acceptors (Lipinski definition) is 3. The molecular weight excluding hydrogens is 254 g/mol. The number of phenolic OH excluding ortho intramolecular Hbond substituents is 1. The maximum Gasteiger partial charge on any atom is 0.257 e. The van der Waals surface area contributed by atoms with E-state index in [1.54, 1.807) is 18.0 Å². The van der Waals surface area contributed by atoms with E-state index in [1.165, 1.54) is 12.1 Å². The van der Waals surface area contributed by atoms with E-state index < -0.39 is 0 Å². The van der Waals surface area contributed by atoms with Gasteiger partial charge in [0.25, 0.3) is 5.91 Å².